The number of halogens is 1. The molecule has 1 aliphatic rings. The van der Waals surface area contributed by atoms with Crippen molar-refractivity contribution in [1.29, 1.82) is 0 Å². The Morgan fingerprint density at radius 3 is 2.32 bits per heavy atom. The van der Waals surface area contributed by atoms with Crippen molar-refractivity contribution in [2.24, 2.45) is 0 Å². The summed E-state index contributed by atoms with van der Waals surface area (Å²) in [5, 5.41) is 8.66. The van der Waals surface area contributed by atoms with Crippen LogP contribution < -0.4 is 9.64 Å². The summed E-state index contributed by atoms with van der Waals surface area (Å²) < 4.78 is 18.5. The fourth-order valence-electron chi connectivity index (χ4n) is 4.82. The van der Waals surface area contributed by atoms with Gasteiger partial charge < -0.3 is 19.4 Å². The van der Waals surface area contributed by atoms with Crippen LogP contribution in [-0.4, -0.2) is 78.2 Å². The number of nitrogens with zero attached hydrogens (tertiary/aromatic N) is 5. The lowest BCUT2D eigenvalue weighted by molar-refractivity contribution is -0.132. The van der Waals surface area contributed by atoms with Crippen molar-refractivity contribution in [3.63, 3.8) is 0 Å². The van der Waals surface area contributed by atoms with E-state index in [1.165, 1.54) is 12.1 Å². The van der Waals surface area contributed by atoms with Crippen LogP contribution in [0, 0.1) is 5.82 Å². The van der Waals surface area contributed by atoms with Crippen LogP contribution in [0.15, 0.2) is 91.0 Å². The topological polar surface area (TPSA) is 78.9 Å². The SMILES string of the molecule is COc1cccc(C(=O)N(CCc2ccccc2)CC(=O)N2CCN(c3ccc(-c4ccc(F)cc4)nn3)CC2)c1. The van der Waals surface area contributed by atoms with E-state index in [1.54, 1.807) is 53.3 Å². The molecule has 8 nitrogen and oxygen atoms in total. The lowest BCUT2D eigenvalue weighted by atomic mass is 10.1. The Hall–Kier alpha value is -4.79. The predicted octanol–water partition coefficient (Wildman–Crippen LogP) is 4.33. The Morgan fingerprint density at radius 1 is 0.878 bits per heavy atom. The van der Waals surface area contributed by atoms with Gasteiger partial charge in [0.25, 0.3) is 5.91 Å². The first-order chi connectivity index (χ1) is 20.0. The summed E-state index contributed by atoms with van der Waals surface area (Å²) in [6, 6.07) is 26.8. The van der Waals surface area contributed by atoms with Crippen LogP contribution in [0.5, 0.6) is 5.75 Å². The zero-order valence-electron chi connectivity index (χ0n) is 22.9. The average Bonchev–Trinajstić information content (AvgIpc) is 3.03. The average molecular weight is 554 g/mol. The van der Waals surface area contributed by atoms with Gasteiger partial charge in [-0.2, -0.15) is 0 Å². The Kier molecular flexibility index (Phi) is 8.83. The summed E-state index contributed by atoms with van der Waals surface area (Å²) in [7, 11) is 1.56. The largest absolute Gasteiger partial charge is 0.497 e. The van der Waals surface area contributed by atoms with Gasteiger partial charge in [0.2, 0.25) is 5.91 Å². The predicted molar refractivity (Wildman–Crippen MR) is 155 cm³/mol. The van der Waals surface area contributed by atoms with Crippen molar-refractivity contribution in [2.75, 3.05) is 51.3 Å². The molecule has 41 heavy (non-hydrogen) atoms. The van der Waals surface area contributed by atoms with E-state index in [0.29, 0.717) is 56.2 Å². The molecule has 0 unspecified atom stereocenters. The number of ether oxygens (including phenoxy) is 1. The third kappa shape index (κ3) is 7.05. The van der Waals surface area contributed by atoms with Crippen LogP contribution in [0.3, 0.4) is 0 Å². The molecule has 0 bridgehead atoms. The number of methoxy groups -OCH3 is 1. The molecule has 3 aromatic carbocycles. The Balaban J connectivity index is 1.21. The van der Waals surface area contributed by atoms with Crippen LogP contribution in [0.4, 0.5) is 10.2 Å². The minimum Gasteiger partial charge on any atom is -0.497 e. The highest BCUT2D eigenvalue weighted by atomic mass is 19.1. The fourth-order valence-corrected chi connectivity index (χ4v) is 4.82. The van der Waals surface area contributed by atoms with Gasteiger partial charge in [-0.15, -0.1) is 10.2 Å². The summed E-state index contributed by atoms with van der Waals surface area (Å²) in [4.78, 5) is 32.4. The lowest BCUT2D eigenvalue weighted by Crippen LogP contribution is -2.52. The number of carbonyl (C=O) groups is 2. The maximum atomic E-state index is 13.5. The van der Waals surface area contributed by atoms with Gasteiger partial charge in [0.1, 0.15) is 18.1 Å². The van der Waals surface area contributed by atoms with E-state index in [9.17, 15) is 14.0 Å². The maximum absolute atomic E-state index is 13.5. The van der Waals surface area contributed by atoms with Crippen molar-refractivity contribution < 1.29 is 18.7 Å². The first-order valence-electron chi connectivity index (χ1n) is 13.6. The summed E-state index contributed by atoms with van der Waals surface area (Å²) in [5.41, 5.74) is 3.04. The van der Waals surface area contributed by atoms with Crippen LogP contribution in [-0.2, 0) is 11.2 Å². The number of anilines is 1. The zero-order chi connectivity index (χ0) is 28.6. The second kappa shape index (κ2) is 13.0. The number of hydrogen-bond acceptors (Lipinski definition) is 6. The zero-order valence-corrected chi connectivity index (χ0v) is 22.9. The highest BCUT2D eigenvalue weighted by Gasteiger charge is 2.26. The van der Waals surface area contributed by atoms with Gasteiger partial charge in [-0.3, -0.25) is 9.59 Å². The molecule has 210 valence electrons. The normalized spacial score (nSPS) is 13.1. The van der Waals surface area contributed by atoms with E-state index in [-0.39, 0.29) is 24.2 Å². The number of hydrogen-bond donors (Lipinski definition) is 0. The molecule has 1 aliphatic heterocycles. The molecule has 5 rings (SSSR count). The third-order valence-corrected chi connectivity index (χ3v) is 7.19. The van der Waals surface area contributed by atoms with E-state index in [4.69, 9.17) is 4.74 Å². The Labute approximate surface area is 239 Å². The van der Waals surface area contributed by atoms with Gasteiger partial charge in [-0.05, 0) is 66.6 Å². The van der Waals surface area contributed by atoms with Crippen LogP contribution in [0.25, 0.3) is 11.3 Å². The number of amides is 2. The summed E-state index contributed by atoms with van der Waals surface area (Å²) in [6.45, 7) is 2.64. The van der Waals surface area contributed by atoms with E-state index in [1.807, 2.05) is 42.5 Å². The highest BCUT2D eigenvalue weighted by molar-refractivity contribution is 5.97. The smallest absolute Gasteiger partial charge is 0.254 e. The molecule has 0 N–H and O–H groups in total. The molecule has 1 saturated heterocycles. The van der Waals surface area contributed by atoms with Gasteiger partial charge in [0.05, 0.1) is 12.8 Å². The number of aromatic nitrogens is 2. The minimum atomic E-state index is -0.297. The molecule has 4 aromatic rings. The molecule has 1 aromatic heterocycles. The number of rotatable bonds is 9. The molecule has 0 atom stereocenters. The number of piperazine rings is 1. The number of benzene rings is 3. The molecule has 9 heteroatoms. The van der Waals surface area contributed by atoms with E-state index < -0.39 is 0 Å². The summed E-state index contributed by atoms with van der Waals surface area (Å²) in [5.74, 6) is 0.723. The number of carbonyl (C=O) groups excluding carboxylic acids is 2. The van der Waals surface area contributed by atoms with Crippen LogP contribution >= 0.6 is 0 Å². The first kappa shape index (κ1) is 27.8. The second-order valence-electron chi connectivity index (χ2n) is 9.85. The third-order valence-electron chi connectivity index (χ3n) is 7.19. The standard InChI is InChI=1S/C32H32FN5O3/c1-41-28-9-5-8-26(22-28)32(40)38(17-16-24-6-3-2-4-7-24)23-31(39)37-20-18-36(19-21-37)30-15-14-29(34-35-30)25-10-12-27(33)13-11-25/h2-15,22H,16-21,23H2,1H3. The van der Waals surface area contributed by atoms with Gasteiger partial charge in [-0.1, -0.05) is 36.4 Å². The first-order valence-corrected chi connectivity index (χ1v) is 13.6. The second-order valence-corrected chi connectivity index (χ2v) is 9.85. The fraction of sp³-hybridized carbons (Fsp3) is 0.250. The highest BCUT2D eigenvalue weighted by Crippen LogP contribution is 2.20. The molecule has 0 spiro atoms. The maximum Gasteiger partial charge on any atom is 0.254 e. The van der Waals surface area contributed by atoms with Gasteiger partial charge in [0, 0.05) is 43.9 Å². The molecule has 2 amide bonds. The Bertz CT molecular complexity index is 1460. The summed E-state index contributed by atoms with van der Waals surface area (Å²) in [6.07, 6.45) is 0.643. The van der Waals surface area contributed by atoms with Gasteiger partial charge in [0.15, 0.2) is 5.82 Å². The van der Waals surface area contributed by atoms with E-state index >= 15 is 0 Å². The molecular formula is C32H32FN5O3. The van der Waals surface area contributed by atoms with Crippen LogP contribution in [0.2, 0.25) is 0 Å². The molecule has 0 radical (unpaired) electrons. The molecule has 2 heterocycles. The van der Waals surface area contributed by atoms with Crippen molar-refractivity contribution >= 4 is 17.6 Å². The monoisotopic (exact) mass is 553 g/mol. The van der Waals surface area contributed by atoms with Crippen molar-refractivity contribution in [3.8, 4) is 17.0 Å². The van der Waals surface area contributed by atoms with Crippen molar-refractivity contribution in [1.82, 2.24) is 20.0 Å². The molecule has 1 fully saturated rings. The molecule has 0 saturated carbocycles. The summed E-state index contributed by atoms with van der Waals surface area (Å²) >= 11 is 0. The van der Waals surface area contributed by atoms with Crippen LogP contribution in [0.1, 0.15) is 15.9 Å². The molecular weight excluding hydrogens is 521 g/mol. The van der Waals surface area contributed by atoms with E-state index in [0.717, 1.165) is 16.9 Å². The van der Waals surface area contributed by atoms with Gasteiger partial charge in [-0.25, -0.2) is 4.39 Å². The van der Waals surface area contributed by atoms with Crippen molar-refractivity contribution in [2.45, 2.75) is 6.42 Å². The lowest BCUT2D eigenvalue weighted by Gasteiger charge is -2.36. The minimum absolute atomic E-state index is 0.00491. The molecule has 0 aliphatic carbocycles. The quantitative estimate of drug-likeness (QED) is 0.307. The van der Waals surface area contributed by atoms with E-state index in [2.05, 4.69) is 15.1 Å². The Morgan fingerprint density at radius 2 is 1.63 bits per heavy atom. The van der Waals surface area contributed by atoms with Crippen molar-refractivity contribution in [3.05, 3.63) is 108 Å². The van der Waals surface area contributed by atoms with Gasteiger partial charge >= 0.3 is 0 Å².